The molecule has 0 saturated carbocycles. The Kier molecular flexibility index (Phi) is 4.42. The molecule has 0 spiro atoms. The van der Waals surface area contributed by atoms with Crippen LogP contribution in [0.2, 0.25) is 0 Å². The van der Waals surface area contributed by atoms with Gasteiger partial charge in [-0.05, 0) is 6.42 Å². The number of carbonyl (C=O) groups is 1. The number of hydrogen-bond donors (Lipinski definition) is 0. The molecule has 0 N–H and O–H groups in total. The van der Waals surface area contributed by atoms with Crippen LogP contribution in [0.15, 0.2) is 65.8 Å². The summed E-state index contributed by atoms with van der Waals surface area (Å²) < 4.78 is 5.15. The monoisotopic (exact) mass is 309 g/mol. The van der Waals surface area contributed by atoms with Crippen molar-refractivity contribution in [2.45, 2.75) is 31.5 Å². The van der Waals surface area contributed by atoms with E-state index in [0.717, 1.165) is 16.8 Å². The maximum absolute atomic E-state index is 10.7. The molecule has 0 saturated heterocycles. The Balaban J connectivity index is 1.99. The molecule has 2 aromatic carbocycles. The molecule has 1 atom stereocenters. The van der Waals surface area contributed by atoms with Crippen LogP contribution >= 0.6 is 0 Å². The largest absolute Gasteiger partial charge is 0.458 e. The number of rotatable bonds is 6. The van der Waals surface area contributed by atoms with Crippen molar-refractivity contribution in [1.82, 2.24) is 0 Å². The van der Waals surface area contributed by atoms with Crippen LogP contribution in [0.4, 0.5) is 0 Å². The molecule has 118 valence electrons. The van der Waals surface area contributed by atoms with Gasteiger partial charge < -0.3 is 9.57 Å². The number of oxime groups is 1. The fourth-order valence-electron chi connectivity index (χ4n) is 3.00. The van der Waals surface area contributed by atoms with Crippen molar-refractivity contribution < 1.29 is 14.4 Å². The van der Waals surface area contributed by atoms with Crippen LogP contribution in [-0.4, -0.2) is 18.3 Å². The maximum Gasteiger partial charge on any atom is 0.293 e. The highest BCUT2D eigenvalue weighted by atomic mass is 16.7. The zero-order chi connectivity index (χ0) is 16.1. The Morgan fingerprint density at radius 1 is 1.13 bits per heavy atom. The van der Waals surface area contributed by atoms with Crippen molar-refractivity contribution in [1.29, 1.82) is 0 Å². The van der Waals surface area contributed by atoms with E-state index in [1.807, 2.05) is 67.6 Å². The first-order chi connectivity index (χ1) is 11.3. The molecule has 2 aromatic rings. The second kappa shape index (κ2) is 6.65. The van der Waals surface area contributed by atoms with Crippen molar-refractivity contribution in [2.75, 3.05) is 0 Å². The second-order valence-electron chi connectivity index (χ2n) is 5.54. The van der Waals surface area contributed by atoms with E-state index in [2.05, 4.69) is 5.16 Å². The molecule has 4 heteroatoms. The molecular formula is C19H19NO3. The zero-order valence-corrected chi connectivity index (χ0v) is 13.0. The van der Waals surface area contributed by atoms with Gasteiger partial charge in [-0.2, -0.15) is 0 Å². The summed E-state index contributed by atoms with van der Waals surface area (Å²) in [5.74, 6) is 0. The van der Waals surface area contributed by atoms with Gasteiger partial charge >= 0.3 is 0 Å². The Morgan fingerprint density at radius 2 is 1.70 bits per heavy atom. The van der Waals surface area contributed by atoms with Gasteiger partial charge in [0, 0.05) is 17.5 Å². The lowest BCUT2D eigenvalue weighted by molar-refractivity contribution is -0.130. The van der Waals surface area contributed by atoms with Crippen LogP contribution in [-0.2, 0) is 20.0 Å². The van der Waals surface area contributed by atoms with Gasteiger partial charge in [0.25, 0.3) is 6.47 Å². The molecule has 3 rings (SSSR count). The zero-order valence-electron chi connectivity index (χ0n) is 13.0. The van der Waals surface area contributed by atoms with E-state index >= 15 is 0 Å². The quantitative estimate of drug-likeness (QED) is 0.765. The molecule has 1 unspecified atom stereocenters. The summed E-state index contributed by atoms with van der Waals surface area (Å²) in [6, 6.07) is 20.0. The van der Waals surface area contributed by atoms with Crippen LogP contribution in [0.3, 0.4) is 0 Å². The van der Waals surface area contributed by atoms with Gasteiger partial charge in [0.1, 0.15) is 11.8 Å². The first kappa shape index (κ1) is 15.3. The first-order valence-corrected chi connectivity index (χ1v) is 7.75. The van der Waals surface area contributed by atoms with Crippen molar-refractivity contribution in [3.05, 3.63) is 71.8 Å². The van der Waals surface area contributed by atoms with Gasteiger partial charge in [0.2, 0.25) is 0 Å². The molecule has 0 aliphatic carbocycles. The van der Waals surface area contributed by atoms with Gasteiger partial charge in [-0.25, -0.2) is 0 Å². The highest BCUT2D eigenvalue weighted by molar-refractivity contribution is 5.91. The van der Waals surface area contributed by atoms with Crippen LogP contribution in [0, 0.1) is 0 Å². The highest BCUT2D eigenvalue weighted by Gasteiger charge is 2.44. The first-order valence-electron chi connectivity index (χ1n) is 7.75. The number of carbonyl (C=O) groups excluding carboxylic acids is 1. The van der Waals surface area contributed by atoms with Crippen LogP contribution in [0.5, 0.6) is 0 Å². The minimum atomic E-state index is -0.669. The topological polar surface area (TPSA) is 47.9 Å². The molecule has 1 aliphatic rings. The lowest BCUT2D eigenvalue weighted by atomic mass is 9.81. The fraction of sp³-hybridized carbons (Fsp3) is 0.263. The summed E-state index contributed by atoms with van der Waals surface area (Å²) in [5.41, 5.74) is 2.15. The van der Waals surface area contributed by atoms with Crippen LogP contribution in [0.25, 0.3) is 0 Å². The normalized spacial score (nSPS) is 17.0. The van der Waals surface area contributed by atoms with E-state index in [-0.39, 0.29) is 6.10 Å². The van der Waals surface area contributed by atoms with E-state index < -0.39 is 5.60 Å². The van der Waals surface area contributed by atoms with E-state index in [0.29, 0.717) is 19.3 Å². The third kappa shape index (κ3) is 2.84. The number of hydrogen-bond acceptors (Lipinski definition) is 4. The molecular weight excluding hydrogens is 290 g/mol. The van der Waals surface area contributed by atoms with Crippen LogP contribution < -0.4 is 0 Å². The van der Waals surface area contributed by atoms with Crippen molar-refractivity contribution in [2.24, 2.45) is 5.16 Å². The summed E-state index contributed by atoms with van der Waals surface area (Å²) in [7, 11) is 0. The average molecular weight is 309 g/mol. The summed E-state index contributed by atoms with van der Waals surface area (Å²) in [6.45, 7) is 2.43. The van der Waals surface area contributed by atoms with E-state index in [1.165, 1.54) is 0 Å². The maximum atomic E-state index is 10.7. The van der Waals surface area contributed by atoms with Crippen molar-refractivity contribution >= 4 is 12.2 Å². The van der Waals surface area contributed by atoms with Gasteiger partial charge in [-0.3, -0.25) is 4.79 Å². The number of nitrogens with zero attached hydrogens (tertiary/aromatic N) is 1. The predicted octanol–water partition coefficient (Wildman–Crippen LogP) is 3.66. The Bertz CT molecular complexity index is 643. The van der Waals surface area contributed by atoms with Gasteiger partial charge in [0.05, 0.1) is 0 Å². The second-order valence-corrected chi connectivity index (χ2v) is 5.54. The summed E-state index contributed by atoms with van der Waals surface area (Å²) >= 11 is 0. The Morgan fingerprint density at radius 3 is 2.17 bits per heavy atom. The van der Waals surface area contributed by atoms with Crippen molar-refractivity contribution in [3.63, 3.8) is 0 Å². The Labute approximate surface area is 135 Å². The number of ether oxygens (including phenoxy) is 1. The van der Waals surface area contributed by atoms with Gasteiger partial charge in [-0.1, -0.05) is 72.7 Å². The molecule has 0 fully saturated rings. The van der Waals surface area contributed by atoms with Gasteiger partial charge in [0.15, 0.2) is 5.60 Å². The van der Waals surface area contributed by atoms with Crippen molar-refractivity contribution in [3.8, 4) is 0 Å². The smallest absolute Gasteiger partial charge is 0.293 e. The predicted molar refractivity (Wildman–Crippen MR) is 88.0 cm³/mol. The standard InChI is InChI=1S/C19H19NO3/c1-2-18(22-14-21)17-13-19(23-20-17,15-9-5-3-6-10-15)16-11-7-4-8-12-16/h3-12,14,18H,2,13H2,1H3. The molecule has 0 aromatic heterocycles. The third-order valence-corrected chi connectivity index (χ3v) is 4.19. The summed E-state index contributed by atoms with van der Waals surface area (Å²) in [6.07, 6.45) is 0.885. The molecule has 4 nitrogen and oxygen atoms in total. The lowest BCUT2D eigenvalue weighted by Gasteiger charge is -2.28. The van der Waals surface area contributed by atoms with E-state index in [1.54, 1.807) is 0 Å². The Hall–Kier alpha value is -2.62. The number of benzene rings is 2. The van der Waals surface area contributed by atoms with Crippen LogP contribution in [0.1, 0.15) is 30.9 Å². The molecule has 1 heterocycles. The van der Waals surface area contributed by atoms with Gasteiger partial charge in [-0.15, -0.1) is 0 Å². The minimum absolute atomic E-state index is 0.346. The molecule has 0 amide bonds. The minimum Gasteiger partial charge on any atom is -0.458 e. The summed E-state index contributed by atoms with van der Waals surface area (Å²) in [5, 5.41) is 4.26. The molecule has 23 heavy (non-hydrogen) atoms. The molecule has 0 bridgehead atoms. The SMILES string of the molecule is CCC(OC=O)C1=NOC(c2ccccc2)(c2ccccc2)C1. The summed E-state index contributed by atoms with van der Waals surface area (Å²) in [4.78, 5) is 16.7. The highest BCUT2D eigenvalue weighted by Crippen LogP contribution is 2.42. The molecule has 0 radical (unpaired) electrons. The average Bonchev–Trinajstić information content (AvgIpc) is 3.07. The lowest BCUT2D eigenvalue weighted by Crippen LogP contribution is -2.31. The molecule has 1 aliphatic heterocycles. The van der Waals surface area contributed by atoms with E-state index in [4.69, 9.17) is 9.57 Å². The van der Waals surface area contributed by atoms with E-state index in [9.17, 15) is 4.79 Å². The fourth-order valence-corrected chi connectivity index (χ4v) is 3.00. The third-order valence-electron chi connectivity index (χ3n) is 4.19.